The van der Waals surface area contributed by atoms with Crippen LogP contribution in [0.4, 0.5) is 5.69 Å². The van der Waals surface area contributed by atoms with Crippen LogP contribution in [0.3, 0.4) is 0 Å². The van der Waals surface area contributed by atoms with E-state index in [4.69, 9.17) is 25.8 Å². The average molecular weight is 305 g/mol. The van der Waals surface area contributed by atoms with Gasteiger partial charge in [-0.3, -0.25) is 5.43 Å². The summed E-state index contributed by atoms with van der Waals surface area (Å²) in [5.74, 6) is 1.90. The van der Waals surface area contributed by atoms with E-state index in [1.807, 2.05) is 24.3 Å². The minimum absolute atomic E-state index is 0.204. The van der Waals surface area contributed by atoms with Gasteiger partial charge < -0.3 is 14.2 Å². The first-order chi connectivity index (χ1) is 10.3. The number of nitrogens with one attached hydrogen (secondary N) is 1. The van der Waals surface area contributed by atoms with Gasteiger partial charge in [-0.15, -0.1) is 0 Å². The highest BCUT2D eigenvalue weighted by atomic mass is 35.5. The molecule has 1 aliphatic heterocycles. The average Bonchev–Trinajstić information content (AvgIpc) is 2.97. The van der Waals surface area contributed by atoms with Gasteiger partial charge in [0, 0.05) is 10.6 Å². The molecule has 3 rings (SSSR count). The predicted octanol–water partition coefficient (Wildman–Crippen LogP) is 3.52. The molecule has 0 radical (unpaired) electrons. The number of benzene rings is 2. The monoisotopic (exact) mass is 304 g/mol. The standard InChI is InChI=1S/C15H13ClN2O3/c1-19-13-6-10(7-14-15(13)21-9-20-14)8-17-18-12-4-2-11(16)3-5-12/h2-8,18H,9H2,1H3/b17-8+. The summed E-state index contributed by atoms with van der Waals surface area (Å²) in [4.78, 5) is 0. The summed E-state index contributed by atoms with van der Waals surface area (Å²) >= 11 is 5.82. The normalized spacial score (nSPS) is 12.7. The zero-order valence-electron chi connectivity index (χ0n) is 11.3. The maximum absolute atomic E-state index is 5.82. The van der Waals surface area contributed by atoms with Crippen molar-refractivity contribution in [2.24, 2.45) is 5.10 Å². The Kier molecular flexibility index (Phi) is 3.83. The third-order valence-corrected chi connectivity index (χ3v) is 3.18. The Labute approximate surface area is 127 Å². The Bertz CT molecular complexity index is 671. The zero-order valence-corrected chi connectivity index (χ0v) is 12.1. The predicted molar refractivity (Wildman–Crippen MR) is 81.8 cm³/mol. The lowest BCUT2D eigenvalue weighted by atomic mass is 10.2. The van der Waals surface area contributed by atoms with Gasteiger partial charge in [0.1, 0.15) is 0 Å². The summed E-state index contributed by atoms with van der Waals surface area (Å²) in [7, 11) is 1.59. The largest absolute Gasteiger partial charge is 0.493 e. The Hall–Kier alpha value is -2.40. The molecule has 0 saturated carbocycles. The van der Waals surface area contributed by atoms with E-state index in [1.54, 1.807) is 25.5 Å². The lowest BCUT2D eigenvalue weighted by Crippen LogP contribution is -1.93. The molecule has 0 spiro atoms. The molecule has 1 heterocycles. The third kappa shape index (κ3) is 3.03. The fourth-order valence-electron chi connectivity index (χ4n) is 1.93. The van der Waals surface area contributed by atoms with E-state index in [9.17, 15) is 0 Å². The molecule has 0 amide bonds. The van der Waals surface area contributed by atoms with Gasteiger partial charge in [-0.25, -0.2) is 0 Å². The van der Waals surface area contributed by atoms with Crippen LogP contribution in [-0.2, 0) is 0 Å². The number of fused-ring (bicyclic) bond motifs is 1. The fraction of sp³-hybridized carbons (Fsp3) is 0.133. The van der Waals surface area contributed by atoms with Crippen molar-refractivity contribution in [1.29, 1.82) is 0 Å². The second-order valence-electron chi connectivity index (χ2n) is 4.33. The molecule has 2 aromatic rings. The molecular weight excluding hydrogens is 292 g/mol. The van der Waals surface area contributed by atoms with E-state index in [0.29, 0.717) is 22.3 Å². The van der Waals surface area contributed by atoms with Crippen LogP contribution in [0.1, 0.15) is 5.56 Å². The smallest absolute Gasteiger partial charge is 0.231 e. The number of ether oxygens (including phenoxy) is 3. The minimum atomic E-state index is 0.204. The van der Waals surface area contributed by atoms with Gasteiger partial charge in [0.15, 0.2) is 11.5 Å². The van der Waals surface area contributed by atoms with Crippen molar-refractivity contribution in [3.05, 3.63) is 47.0 Å². The first-order valence-electron chi connectivity index (χ1n) is 6.28. The summed E-state index contributed by atoms with van der Waals surface area (Å²) in [6.07, 6.45) is 1.68. The molecule has 2 aromatic carbocycles. The zero-order chi connectivity index (χ0) is 14.7. The lowest BCUT2D eigenvalue weighted by Gasteiger charge is -2.05. The fourth-order valence-corrected chi connectivity index (χ4v) is 2.06. The maximum Gasteiger partial charge on any atom is 0.231 e. The van der Waals surface area contributed by atoms with Gasteiger partial charge in [-0.2, -0.15) is 5.10 Å². The molecule has 1 aliphatic rings. The van der Waals surface area contributed by atoms with Crippen LogP contribution in [0.25, 0.3) is 0 Å². The second kappa shape index (κ2) is 5.93. The molecule has 5 nitrogen and oxygen atoms in total. The molecule has 0 fully saturated rings. The van der Waals surface area contributed by atoms with Crippen molar-refractivity contribution in [2.75, 3.05) is 19.3 Å². The molecule has 0 aliphatic carbocycles. The molecule has 0 saturated heterocycles. The minimum Gasteiger partial charge on any atom is -0.493 e. The van der Waals surface area contributed by atoms with Gasteiger partial charge >= 0.3 is 0 Å². The number of hydrogen-bond donors (Lipinski definition) is 1. The number of rotatable bonds is 4. The first-order valence-corrected chi connectivity index (χ1v) is 6.66. The van der Waals surface area contributed by atoms with Crippen LogP contribution in [0.2, 0.25) is 5.02 Å². The van der Waals surface area contributed by atoms with Crippen molar-refractivity contribution in [2.45, 2.75) is 0 Å². The van der Waals surface area contributed by atoms with Crippen molar-refractivity contribution in [1.82, 2.24) is 0 Å². The van der Waals surface area contributed by atoms with E-state index >= 15 is 0 Å². The van der Waals surface area contributed by atoms with Gasteiger partial charge in [-0.1, -0.05) is 11.6 Å². The molecular formula is C15H13ClN2O3. The number of nitrogens with zero attached hydrogens (tertiary/aromatic N) is 1. The third-order valence-electron chi connectivity index (χ3n) is 2.93. The molecule has 0 aromatic heterocycles. The highest BCUT2D eigenvalue weighted by molar-refractivity contribution is 6.30. The van der Waals surface area contributed by atoms with E-state index in [2.05, 4.69) is 10.5 Å². The molecule has 0 atom stereocenters. The highest BCUT2D eigenvalue weighted by Gasteiger charge is 2.19. The number of hydrogen-bond acceptors (Lipinski definition) is 5. The summed E-state index contributed by atoms with van der Waals surface area (Å²) in [6.45, 7) is 0.204. The van der Waals surface area contributed by atoms with Gasteiger partial charge in [-0.05, 0) is 36.4 Å². The molecule has 1 N–H and O–H groups in total. The van der Waals surface area contributed by atoms with Crippen LogP contribution in [0, 0.1) is 0 Å². The van der Waals surface area contributed by atoms with Crippen LogP contribution < -0.4 is 19.6 Å². The summed E-state index contributed by atoms with van der Waals surface area (Å²) in [5.41, 5.74) is 4.62. The number of hydrazone groups is 1. The summed E-state index contributed by atoms with van der Waals surface area (Å²) in [5, 5.41) is 4.86. The number of halogens is 1. The van der Waals surface area contributed by atoms with Crippen LogP contribution in [0.5, 0.6) is 17.2 Å². The highest BCUT2D eigenvalue weighted by Crippen LogP contribution is 2.41. The molecule has 0 unspecified atom stereocenters. The second-order valence-corrected chi connectivity index (χ2v) is 4.77. The van der Waals surface area contributed by atoms with Crippen LogP contribution in [0.15, 0.2) is 41.5 Å². The van der Waals surface area contributed by atoms with Crippen molar-refractivity contribution < 1.29 is 14.2 Å². The van der Waals surface area contributed by atoms with E-state index in [1.165, 1.54) is 0 Å². The number of methoxy groups -OCH3 is 1. The summed E-state index contributed by atoms with van der Waals surface area (Å²) in [6, 6.07) is 11.0. The van der Waals surface area contributed by atoms with Crippen LogP contribution in [-0.4, -0.2) is 20.1 Å². The Morgan fingerprint density at radius 1 is 1.24 bits per heavy atom. The molecule has 108 valence electrons. The molecule has 0 bridgehead atoms. The topological polar surface area (TPSA) is 52.1 Å². The Balaban J connectivity index is 1.75. The van der Waals surface area contributed by atoms with E-state index in [-0.39, 0.29) is 6.79 Å². The van der Waals surface area contributed by atoms with Gasteiger partial charge in [0.2, 0.25) is 12.5 Å². The Morgan fingerprint density at radius 2 is 2.05 bits per heavy atom. The first kappa shape index (κ1) is 13.6. The van der Waals surface area contributed by atoms with Crippen molar-refractivity contribution in [3.8, 4) is 17.2 Å². The van der Waals surface area contributed by atoms with Crippen molar-refractivity contribution in [3.63, 3.8) is 0 Å². The van der Waals surface area contributed by atoms with Gasteiger partial charge in [0.05, 0.1) is 19.0 Å². The van der Waals surface area contributed by atoms with Crippen LogP contribution >= 0.6 is 11.6 Å². The maximum atomic E-state index is 5.82. The SMILES string of the molecule is COc1cc(/C=N/Nc2ccc(Cl)cc2)cc2c1OCO2. The van der Waals surface area contributed by atoms with Crippen molar-refractivity contribution >= 4 is 23.5 Å². The quantitative estimate of drug-likeness (QED) is 0.693. The molecule has 21 heavy (non-hydrogen) atoms. The lowest BCUT2D eigenvalue weighted by molar-refractivity contribution is 0.171. The van der Waals surface area contributed by atoms with E-state index < -0.39 is 0 Å². The molecule has 6 heteroatoms. The summed E-state index contributed by atoms with van der Waals surface area (Å²) < 4.78 is 16.0. The number of anilines is 1. The van der Waals surface area contributed by atoms with E-state index in [0.717, 1.165) is 11.3 Å². The Morgan fingerprint density at radius 3 is 2.81 bits per heavy atom. The van der Waals surface area contributed by atoms with Gasteiger partial charge in [0.25, 0.3) is 0 Å².